The van der Waals surface area contributed by atoms with E-state index in [4.69, 9.17) is 37.8 Å². The van der Waals surface area contributed by atoms with E-state index in [9.17, 15) is 4.79 Å². The summed E-state index contributed by atoms with van der Waals surface area (Å²) in [7, 11) is 0. The molecule has 3 rings (SSSR count). The van der Waals surface area contributed by atoms with E-state index in [2.05, 4.69) is 0 Å². The molecule has 1 aliphatic heterocycles. The molecule has 0 amide bonds. The molecule has 0 radical (unpaired) electrons. The van der Waals surface area contributed by atoms with Gasteiger partial charge in [-0.25, -0.2) is 0 Å². The number of hydrogen-bond donors (Lipinski definition) is 1. The fraction of sp³-hybridized carbons (Fsp3) is 0.318. The van der Waals surface area contributed by atoms with Gasteiger partial charge in [-0.2, -0.15) is 0 Å². The number of ether oxygens (including phenoxy) is 2. The average Bonchev–Trinajstić information content (AvgIpc) is 2.68. The molecule has 0 aromatic heterocycles. The number of aliphatic carboxylic acids is 1. The third-order valence-electron chi connectivity index (χ3n) is 4.70. The van der Waals surface area contributed by atoms with Crippen molar-refractivity contribution in [2.24, 2.45) is 0 Å². The van der Waals surface area contributed by atoms with Gasteiger partial charge in [0.25, 0.3) is 0 Å². The number of benzene rings is 2. The molecule has 0 fully saturated rings. The van der Waals surface area contributed by atoms with Crippen LogP contribution in [0.5, 0.6) is 5.75 Å². The molecule has 148 valence electrons. The Morgan fingerprint density at radius 3 is 2.61 bits per heavy atom. The van der Waals surface area contributed by atoms with Crippen LogP contribution in [0.2, 0.25) is 10.0 Å². The van der Waals surface area contributed by atoms with Crippen molar-refractivity contribution < 1.29 is 19.4 Å². The van der Waals surface area contributed by atoms with E-state index >= 15 is 0 Å². The van der Waals surface area contributed by atoms with Crippen LogP contribution in [0.4, 0.5) is 0 Å². The SMILES string of the molecule is O=C(O)CCc1ccc(OCC2=C(Cc3ccc(Cl)cc3)CCOC2)cc1Cl. The maximum absolute atomic E-state index is 10.7. The molecule has 0 bridgehead atoms. The first kappa shape index (κ1) is 20.7. The van der Waals surface area contributed by atoms with Gasteiger partial charge in [0, 0.05) is 16.5 Å². The Kier molecular flexibility index (Phi) is 7.37. The van der Waals surface area contributed by atoms with Crippen LogP contribution in [0.15, 0.2) is 53.6 Å². The van der Waals surface area contributed by atoms with Crippen molar-refractivity contribution >= 4 is 29.2 Å². The molecule has 2 aromatic rings. The zero-order chi connectivity index (χ0) is 19.9. The number of halogens is 2. The second kappa shape index (κ2) is 9.97. The number of rotatable bonds is 8. The molecule has 0 aliphatic carbocycles. The van der Waals surface area contributed by atoms with Crippen LogP contribution < -0.4 is 4.74 Å². The van der Waals surface area contributed by atoms with Gasteiger partial charge in [0.05, 0.1) is 13.2 Å². The smallest absolute Gasteiger partial charge is 0.303 e. The highest BCUT2D eigenvalue weighted by molar-refractivity contribution is 6.31. The van der Waals surface area contributed by atoms with Crippen molar-refractivity contribution in [2.45, 2.75) is 25.7 Å². The fourth-order valence-electron chi connectivity index (χ4n) is 3.11. The second-order valence-corrected chi connectivity index (χ2v) is 7.59. The third kappa shape index (κ3) is 5.99. The Balaban J connectivity index is 1.65. The maximum Gasteiger partial charge on any atom is 0.303 e. The summed E-state index contributed by atoms with van der Waals surface area (Å²) in [5.41, 5.74) is 4.50. The van der Waals surface area contributed by atoms with E-state index in [0.29, 0.717) is 30.4 Å². The average molecular weight is 421 g/mol. The van der Waals surface area contributed by atoms with E-state index < -0.39 is 5.97 Å². The van der Waals surface area contributed by atoms with Gasteiger partial charge >= 0.3 is 5.97 Å². The van der Waals surface area contributed by atoms with Gasteiger partial charge in [0.2, 0.25) is 0 Å². The summed E-state index contributed by atoms with van der Waals surface area (Å²) in [4.78, 5) is 10.7. The third-order valence-corrected chi connectivity index (χ3v) is 5.30. The number of aryl methyl sites for hydroxylation is 1. The normalized spacial score (nSPS) is 14.2. The quantitative estimate of drug-likeness (QED) is 0.584. The van der Waals surface area contributed by atoms with Crippen LogP contribution in [0.3, 0.4) is 0 Å². The molecule has 28 heavy (non-hydrogen) atoms. The molecule has 0 atom stereocenters. The van der Waals surface area contributed by atoms with Gasteiger partial charge in [-0.05, 0) is 60.2 Å². The van der Waals surface area contributed by atoms with E-state index in [-0.39, 0.29) is 6.42 Å². The maximum atomic E-state index is 10.7. The summed E-state index contributed by atoms with van der Waals surface area (Å²) in [6, 6.07) is 13.3. The minimum Gasteiger partial charge on any atom is -0.489 e. The monoisotopic (exact) mass is 420 g/mol. The van der Waals surface area contributed by atoms with E-state index in [1.165, 1.54) is 11.1 Å². The van der Waals surface area contributed by atoms with Crippen LogP contribution in [0, 0.1) is 0 Å². The van der Waals surface area contributed by atoms with Gasteiger partial charge < -0.3 is 14.6 Å². The Morgan fingerprint density at radius 1 is 1.11 bits per heavy atom. The van der Waals surface area contributed by atoms with Crippen LogP contribution >= 0.6 is 23.2 Å². The van der Waals surface area contributed by atoms with Crippen LogP contribution in [0.25, 0.3) is 0 Å². The highest BCUT2D eigenvalue weighted by Crippen LogP contribution is 2.26. The van der Waals surface area contributed by atoms with Crippen LogP contribution in [-0.4, -0.2) is 30.9 Å². The van der Waals surface area contributed by atoms with E-state index in [1.807, 2.05) is 36.4 Å². The molecule has 2 aromatic carbocycles. The molecule has 1 heterocycles. The van der Waals surface area contributed by atoms with Crippen molar-refractivity contribution in [3.8, 4) is 5.75 Å². The summed E-state index contributed by atoms with van der Waals surface area (Å²) < 4.78 is 11.5. The zero-order valence-electron chi connectivity index (χ0n) is 15.4. The van der Waals surface area contributed by atoms with Gasteiger partial charge in [-0.3, -0.25) is 4.79 Å². The molecule has 6 heteroatoms. The van der Waals surface area contributed by atoms with Gasteiger partial charge in [-0.15, -0.1) is 0 Å². The largest absolute Gasteiger partial charge is 0.489 e. The lowest BCUT2D eigenvalue weighted by molar-refractivity contribution is -0.136. The standard InChI is InChI=1S/C22H22Cl2O4/c23-19-5-1-15(2-6-19)11-17-9-10-27-13-18(17)14-28-20-7-3-16(21(24)12-20)4-8-22(25)26/h1-3,5-7,12H,4,8-11,13-14H2,(H,25,26). The summed E-state index contributed by atoms with van der Waals surface area (Å²) >= 11 is 12.2. The Bertz CT molecular complexity index is 859. The lowest BCUT2D eigenvalue weighted by atomic mass is 9.96. The summed E-state index contributed by atoms with van der Waals surface area (Å²) in [5.74, 6) is -0.179. The Hall–Kier alpha value is -2.01. The van der Waals surface area contributed by atoms with Crippen molar-refractivity contribution in [1.82, 2.24) is 0 Å². The van der Waals surface area contributed by atoms with Crippen molar-refractivity contribution in [3.63, 3.8) is 0 Å². The molecular formula is C22H22Cl2O4. The predicted molar refractivity (Wildman–Crippen MR) is 111 cm³/mol. The number of carboxylic acids is 1. The highest BCUT2D eigenvalue weighted by atomic mass is 35.5. The molecule has 1 N–H and O–H groups in total. The molecule has 0 saturated carbocycles. The first-order valence-corrected chi connectivity index (χ1v) is 9.92. The summed E-state index contributed by atoms with van der Waals surface area (Å²) in [6.07, 6.45) is 2.20. The summed E-state index contributed by atoms with van der Waals surface area (Å²) in [5, 5.41) is 10.1. The minimum atomic E-state index is -0.839. The van der Waals surface area contributed by atoms with Gasteiger partial charge in [0.1, 0.15) is 12.4 Å². The zero-order valence-corrected chi connectivity index (χ0v) is 16.9. The Morgan fingerprint density at radius 2 is 1.89 bits per heavy atom. The van der Waals surface area contributed by atoms with Crippen LogP contribution in [-0.2, 0) is 22.4 Å². The topological polar surface area (TPSA) is 55.8 Å². The first-order valence-electron chi connectivity index (χ1n) is 9.16. The second-order valence-electron chi connectivity index (χ2n) is 6.75. The number of carboxylic acid groups (broad SMARTS) is 1. The highest BCUT2D eigenvalue weighted by Gasteiger charge is 2.15. The van der Waals surface area contributed by atoms with Crippen LogP contribution in [0.1, 0.15) is 24.0 Å². The van der Waals surface area contributed by atoms with E-state index in [1.54, 1.807) is 6.07 Å². The lowest BCUT2D eigenvalue weighted by Gasteiger charge is -2.21. The first-order chi connectivity index (χ1) is 13.5. The number of carbonyl (C=O) groups is 1. The predicted octanol–water partition coefficient (Wildman–Crippen LogP) is 5.35. The molecule has 1 aliphatic rings. The molecule has 4 nitrogen and oxygen atoms in total. The number of hydrogen-bond acceptors (Lipinski definition) is 3. The molecule has 0 spiro atoms. The van der Waals surface area contributed by atoms with Crippen molar-refractivity contribution in [1.29, 1.82) is 0 Å². The van der Waals surface area contributed by atoms with E-state index in [0.717, 1.165) is 35.6 Å². The lowest BCUT2D eigenvalue weighted by Crippen LogP contribution is -2.18. The minimum absolute atomic E-state index is 0.0538. The molecule has 0 unspecified atom stereocenters. The molecule has 0 saturated heterocycles. The molecular weight excluding hydrogens is 399 g/mol. The van der Waals surface area contributed by atoms with Gasteiger partial charge in [0.15, 0.2) is 0 Å². The van der Waals surface area contributed by atoms with Crippen molar-refractivity contribution in [2.75, 3.05) is 19.8 Å². The summed E-state index contributed by atoms with van der Waals surface area (Å²) in [6.45, 7) is 1.72. The van der Waals surface area contributed by atoms with Gasteiger partial charge in [-0.1, -0.05) is 47.0 Å². The fourth-order valence-corrected chi connectivity index (χ4v) is 3.50. The Labute approximate surface area is 174 Å². The van der Waals surface area contributed by atoms with Crippen molar-refractivity contribution in [3.05, 3.63) is 74.8 Å².